The first-order valence-electron chi connectivity index (χ1n) is 8.48. The molecule has 0 heterocycles. The number of hydrogen-bond donors (Lipinski definition) is 4. The zero-order valence-corrected chi connectivity index (χ0v) is 15.0. The predicted molar refractivity (Wildman–Crippen MR) is 105 cm³/mol. The molecule has 0 aliphatic rings. The number of carbonyl (C=O) groups excluding carboxylic acids is 2. The van der Waals surface area contributed by atoms with Gasteiger partial charge >= 0.3 is 6.03 Å². The number of ether oxygens (including phenoxy) is 1. The highest BCUT2D eigenvalue weighted by Gasteiger charge is 2.08. The topological polar surface area (TPSA) is 123 Å². The summed E-state index contributed by atoms with van der Waals surface area (Å²) in [5, 5.41) is 20.7. The fourth-order valence-corrected chi connectivity index (χ4v) is 2.34. The monoisotopic (exact) mass is 388 g/mol. The van der Waals surface area contributed by atoms with Crippen molar-refractivity contribution in [3.8, 4) is 23.3 Å². The van der Waals surface area contributed by atoms with Gasteiger partial charge in [-0.1, -0.05) is 6.07 Å². The van der Waals surface area contributed by atoms with E-state index in [-0.39, 0.29) is 11.3 Å². The van der Waals surface area contributed by atoms with E-state index in [1.54, 1.807) is 48.5 Å². The molecule has 0 atom stereocenters. The van der Waals surface area contributed by atoms with E-state index < -0.39 is 11.9 Å². The van der Waals surface area contributed by atoms with Crippen molar-refractivity contribution in [1.82, 2.24) is 10.9 Å². The Labute approximate surface area is 166 Å². The molecule has 0 fully saturated rings. The lowest BCUT2D eigenvalue weighted by Gasteiger charge is -2.10. The average molecular weight is 388 g/mol. The number of rotatable bonds is 4. The second-order valence-corrected chi connectivity index (χ2v) is 5.85. The molecule has 8 nitrogen and oxygen atoms in total. The number of urea groups is 1. The van der Waals surface area contributed by atoms with Gasteiger partial charge in [0.25, 0.3) is 5.91 Å². The minimum absolute atomic E-state index is 0.0505. The molecule has 0 aliphatic carbocycles. The highest BCUT2D eigenvalue weighted by Crippen LogP contribution is 2.23. The molecular formula is C21H16N4O4. The Balaban J connectivity index is 1.50. The van der Waals surface area contributed by atoms with Crippen LogP contribution in [0.2, 0.25) is 0 Å². The lowest BCUT2D eigenvalue weighted by molar-refractivity contribution is 0.0937. The Morgan fingerprint density at radius 3 is 2.17 bits per heavy atom. The van der Waals surface area contributed by atoms with Gasteiger partial charge in [0.1, 0.15) is 17.2 Å². The Morgan fingerprint density at radius 1 is 0.897 bits per heavy atom. The molecule has 0 bridgehead atoms. The van der Waals surface area contributed by atoms with Gasteiger partial charge in [0.15, 0.2) is 0 Å². The summed E-state index contributed by atoms with van der Waals surface area (Å²) in [6, 6.07) is 20.4. The van der Waals surface area contributed by atoms with E-state index in [1.807, 2.05) is 6.07 Å². The smallest absolute Gasteiger partial charge is 0.337 e. The maximum atomic E-state index is 11.9. The molecule has 8 heteroatoms. The van der Waals surface area contributed by atoms with Gasteiger partial charge in [0.2, 0.25) is 0 Å². The molecular weight excluding hydrogens is 372 g/mol. The Kier molecular flexibility index (Phi) is 5.93. The Bertz CT molecular complexity index is 1060. The van der Waals surface area contributed by atoms with Gasteiger partial charge in [0, 0.05) is 11.3 Å². The van der Waals surface area contributed by atoms with E-state index in [1.165, 1.54) is 24.3 Å². The van der Waals surface area contributed by atoms with Crippen LogP contribution in [0.3, 0.4) is 0 Å². The molecule has 0 aliphatic heterocycles. The number of carbonyl (C=O) groups is 2. The number of nitrogens with one attached hydrogen (secondary N) is 3. The van der Waals surface area contributed by atoms with Crippen LogP contribution in [0, 0.1) is 11.3 Å². The summed E-state index contributed by atoms with van der Waals surface area (Å²) in [7, 11) is 0. The molecule has 0 unspecified atom stereocenters. The van der Waals surface area contributed by atoms with Gasteiger partial charge in [-0.05, 0) is 66.7 Å². The number of hydrazine groups is 1. The minimum Gasteiger partial charge on any atom is -0.508 e. The first-order chi connectivity index (χ1) is 14.0. The SMILES string of the molecule is N#Cc1ccc(Oc2ccc(NC(=O)NNC(=O)c3cccc(O)c3)cc2)cc1. The molecule has 29 heavy (non-hydrogen) atoms. The molecule has 3 rings (SSSR count). The van der Waals surface area contributed by atoms with Gasteiger partial charge in [0.05, 0.1) is 11.6 Å². The first-order valence-corrected chi connectivity index (χ1v) is 8.48. The van der Waals surface area contributed by atoms with Gasteiger partial charge < -0.3 is 15.2 Å². The third kappa shape index (κ3) is 5.48. The number of anilines is 1. The first kappa shape index (κ1) is 19.3. The Morgan fingerprint density at radius 2 is 1.55 bits per heavy atom. The number of hydrogen-bond acceptors (Lipinski definition) is 5. The summed E-state index contributed by atoms with van der Waals surface area (Å²) in [5.41, 5.74) is 5.70. The summed E-state index contributed by atoms with van der Waals surface area (Å²) in [5.74, 6) is 0.516. The molecule has 0 aromatic heterocycles. The number of amides is 3. The van der Waals surface area contributed by atoms with Crippen LogP contribution in [0.4, 0.5) is 10.5 Å². The highest BCUT2D eigenvalue weighted by atomic mass is 16.5. The van der Waals surface area contributed by atoms with E-state index in [2.05, 4.69) is 16.2 Å². The second kappa shape index (κ2) is 8.92. The fourth-order valence-electron chi connectivity index (χ4n) is 2.34. The molecule has 3 aromatic carbocycles. The molecule has 4 N–H and O–H groups in total. The van der Waals surface area contributed by atoms with E-state index >= 15 is 0 Å². The van der Waals surface area contributed by atoms with Crippen molar-refractivity contribution in [3.63, 3.8) is 0 Å². The van der Waals surface area contributed by atoms with Crippen LogP contribution >= 0.6 is 0 Å². The van der Waals surface area contributed by atoms with Crippen LogP contribution in [0.5, 0.6) is 17.2 Å². The average Bonchev–Trinajstić information content (AvgIpc) is 2.74. The zero-order valence-electron chi connectivity index (χ0n) is 15.0. The maximum absolute atomic E-state index is 11.9. The predicted octanol–water partition coefficient (Wildman–Crippen LogP) is 3.52. The molecule has 0 spiro atoms. The van der Waals surface area contributed by atoms with Gasteiger partial charge in [-0.15, -0.1) is 0 Å². The van der Waals surface area contributed by atoms with E-state index in [0.717, 1.165) is 0 Å². The number of benzene rings is 3. The van der Waals surface area contributed by atoms with Gasteiger partial charge in [-0.3, -0.25) is 10.2 Å². The lowest BCUT2D eigenvalue weighted by Crippen LogP contribution is -2.43. The molecule has 3 aromatic rings. The number of phenolic OH excluding ortho intramolecular Hbond substituents is 1. The summed E-state index contributed by atoms with van der Waals surface area (Å²) in [6.45, 7) is 0. The number of nitrogens with zero attached hydrogens (tertiary/aromatic N) is 1. The third-order valence-electron chi connectivity index (χ3n) is 3.73. The van der Waals surface area contributed by atoms with Crippen LogP contribution in [0.25, 0.3) is 0 Å². The molecule has 144 valence electrons. The maximum Gasteiger partial charge on any atom is 0.337 e. The van der Waals surface area contributed by atoms with Crippen LogP contribution in [-0.2, 0) is 0 Å². The number of phenols is 1. The number of aromatic hydroxyl groups is 1. The minimum atomic E-state index is -0.640. The normalized spacial score (nSPS) is 9.76. The molecule has 3 amide bonds. The van der Waals surface area contributed by atoms with Crippen LogP contribution in [-0.4, -0.2) is 17.0 Å². The van der Waals surface area contributed by atoms with Crippen LogP contribution in [0.15, 0.2) is 72.8 Å². The van der Waals surface area contributed by atoms with Crippen molar-refractivity contribution in [1.29, 1.82) is 5.26 Å². The fraction of sp³-hybridized carbons (Fsp3) is 0. The van der Waals surface area contributed by atoms with E-state index in [0.29, 0.717) is 22.7 Å². The van der Waals surface area contributed by atoms with Crippen molar-refractivity contribution in [3.05, 3.63) is 83.9 Å². The summed E-state index contributed by atoms with van der Waals surface area (Å²) >= 11 is 0. The van der Waals surface area contributed by atoms with E-state index in [4.69, 9.17) is 10.00 Å². The summed E-state index contributed by atoms with van der Waals surface area (Å²) in [4.78, 5) is 23.8. The van der Waals surface area contributed by atoms with E-state index in [9.17, 15) is 14.7 Å². The molecule has 0 saturated carbocycles. The van der Waals surface area contributed by atoms with Gasteiger partial charge in [-0.2, -0.15) is 5.26 Å². The highest BCUT2D eigenvalue weighted by molar-refractivity contribution is 5.97. The lowest BCUT2D eigenvalue weighted by atomic mass is 10.2. The molecule has 0 saturated heterocycles. The van der Waals surface area contributed by atoms with Crippen molar-refractivity contribution in [2.24, 2.45) is 0 Å². The summed E-state index contributed by atoms with van der Waals surface area (Å²) < 4.78 is 5.66. The number of nitriles is 1. The Hall–Kier alpha value is -4.51. The third-order valence-corrected chi connectivity index (χ3v) is 3.73. The molecule has 0 radical (unpaired) electrons. The quantitative estimate of drug-likeness (QED) is 0.509. The van der Waals surface area contributed by atoms with Crippen molar-refractivity contribution in [2.45, 2.75) is 0 Å². The largest absolute Gasteiger partial charge is 0.508 e. The van der Waals surface area contributed by atoms with Crippen molar-refractivity contribution >= 4 is 17.6 Å². The standard InChI is InChI=1S/C21H16N4O4/c22-13-14-4-8-18(9-5-14)29-19-10-6-16(7-11-19)23-21(28)25-24-20(27)15-2-1-3-17(26)12-15/h1-12,26H,(H,24,27)(H2,23,25,28). The van der Waals surface area contributed by atoms with Crippen LogP contribution in [0.1, 0.15) is 15.9 Å². The van der Waals surface area contributed by atoms with Crippen molar-refractivity contribution < 1.29 is 19.4 Å². The van der Waals surface area contributed by atoms with Gasteiger partial charge in [-0.25, -0.2) is 10.2 Å². The second-order valence-electron chi connectivity index (χ2n) is 5.85. The zero-order chi connectivity index (χ0) is 20.6. The van der Waals surface area contributed by atoms with Crippen LogP contribution < -0.4 is 20.9 Å². The van der Waals surface area contributed by atoms with Crippen molar-refractivity contribution in [2.75, 3.05) is 5.32 Å². The summed E-state index contributed by atoms with van der Waals surface area (Å²) in [6.07, 6.45) is 0.